The molecule has 0 aliphatic rings. The molecule has 1 rings (SSSR count). The molecule has 0 heterocycles. The van der Waals surface area contributed by atoms with E-state index < -0.39 is 0 Å². The summed E-state index contributed by atoms with van der Waals surface area (Å²) in [7, 11) is 4.39. The molecule has 0 N–H and O–H groups in total. The second kappa shape index (κ2) is 13.4. The predicted octanol–water partition coefficient (Wildman–Crippen LogP) is 9.13. The summed E-state index contributed by atoms with van der Waals surface area (Å²) in [5.74, 6) is 0. The zero-order valence-electron chi connectivity index (χ0n) is 21.3. The quantitative estimate of drug-likeness (QED) is 0.266. The summed E-state index contributed by atoms with van der Waals surface area (Å²) >= 11 is 1.82. The Kier molecular flexibility index (Phi) is 14.7. The van der Waals surface area contributed by atoms with Gasteiger partial charge in [-0.1, -0.05) is 123 Å². The number of carbonyl (C=O) groups excluding carboxylic acids is 1. The van der Waals surface area contributed by atoms with Crippen LogP contribution >= 0.6 is 25.5 Å². The standard InChI is InChI=1S/C24H44P2.CO.ClH.Ru/c1-21(2,3)25(22(4,5)6)17-19-14-13-15-20(16-19)18-26(23(7,8)9)24(10,11)12;1-2;;/h13-16H,17-18H2,1-12H3;;1H;/q;;;+1/p-1. The van der Waals surface area contributed by atoms with Gasteiger partial charge in [-0.15, -0.1) is 0 Å². The zero-order chi connectivity index (χ0) is 24.6. The summed E-state index contributed by atoms with van der Waals surface area (Å²) in [4.78, 5) is 7.50. The number of hydrogen-bond acceptors (Lipinski definition) is 1. The molecule has 0 bridgehead atoms. The Balaban J connectivity index is 0. The van der Waals surface area contributed by atoms with Crippen LogP contribution in [0, 0.1) is 0 Å². The average molecular weight is 559 g/mol. The van der Waals surface area contributed by atoms with Gasteiger partial charge in [-0.25, -0.2) is 0 Å². The third-order valence-electron chi connectivity index (χ3n) is 4.91. The Morgan fingerprint density at radius 3 is 1.10 bits per heavy atom. The monoisotopic (exact) mass is 559 g/mol. The summed E-state index contributed by atoms with van der Waals surface area (Å²) in [6.07, 6.45) is 2.47. The first-order valence-corrected chi connectivity index (χ1v) is 15.7. The molecule has 5 heteroatoms. The van der Waals surface area contributed by atoms with Crippen LogP contribution < -0.4 is 0 Å². The number of benzene rings is 1. The molecule has 0 spiro atoms. The second-order valence-corrected chi connectivity index (χ2v) is 19.4. The van der Waals surface area contributed by atoms with Crippen LogP contribution in [0.15, 0.2) is 24.3 Å². The summed E-state index contributed by atoms with van der Waals surface area (Å²) in [5, 5.41) is 1.53. The normalized spacial score (nSPS) is 12.8. The fourth-order valence-corrected chi connectivity index (χ4v) is 11.2. The Morgan fingerprint density at radius 2 is 0.900 bits per heavy atom. The van der Waals surface area contributed by atoms with Crippen molar-refractivity contribution >= 4 is 32.3 Å². The summed E-state index contributed by atoms with van der Waals surface area (Å²) in [6.45, 7) is 33.6. The van der Waals surface area contributed by atoms with Crippen molar-refractivity contribution in [3.63, 3.8) is 0 Å². The molecule has 0 saturated heterocycles. The summed E-state index contributed by atoms with van der Waals surface area (Å²) in [5.41, 5.74) is 3.08. The third-order valence-corrected chi connectivity index (χ3v) is 12.8. The van der Waals surface area contributed by atoms with Crippen LogP contribution in [0.1, 0.15) is 94.2 Å². The van der Waals surface area contributed by atoms with Crippen molar-refractivity contribution in [2.45, 2.75) is 116 Å². The van der Waals surface area contributed by atoms with Crippen molar-refractivity contribution in [2.75, 3.05) is 0 Å². The topological polar surface area (TPSA) is 17.1 Å². The second-order valence-electron chi connectivity index (χ2n) is 11.7. The molecular formula is C25H44ClOP2Ru. The number of hydrogen-bond donors (Lipinski definition) is 0. The molecule has 1 aromatic carbocycles. The van der Waals surface area contributed by atoms with Gasteiger partial charge < -0.3 is 0 Å². The van der Waals surface area contributed by atoms with E-state index in [9.17, 15) is 0 Å². The molecule has 175 valence electrons. The van der Waals surface area contributed by atoms with Gasteiger partial charge >= 0.3 is 27.0 Å². The van der Waals surface area contributed by atoms with E-state index in [0.717, 1.165) is 0 Å². The molecule has 1 aromatic rings. The molecule has 30 heavy (non-hydrogen) atoms. The van der Waals surface area contributed by atoms with Crippen LogP contribution in [0.5, 0.6) is 0 Å². The van der Waals surface area contributed by atoms with Gasteiger partial charge in [0.25, 0.3) is 6.79 Å². The first-order chi connectivity index (χ1) is 13.4. The van der Waals surface area contributed by atoms with Crippen LogP contribution in [0.2, 0.25) is 0 Å². The minimum atomic E-state index is -0.0916. The van der Waals surface area contributed by atoms with Gasteiger partial charge in [0.05, 0.1) is 0 Å². The van der Waals surface area contributed by atoms with E-state index in [0.29, 0.717) is 20.6 Å². The van der Waals surface area contributed by atoms with Crippen LogP contribution in [0.4, 0.5) is 0 Å². The third kappa shape index (κ3) is 12.1. The van der Waals surface area contributed by atoms with Crippen LogP contribution in [-0.2, 0) is 34.4 Å². The molecule has 0 fully saturated rings. The molecule has 0 aliphatic heterocycles. The van der Waals surface area contributed by atoms with Crippen LogP contribution in [-0.4, -0.2) is 27.4 Å². The maximum absolute atomic E-state index is 7.50. The fraction of sp³-hybridized carbons (Fsp3) is 0.720. The Hall–Kier alpha value is 0.663. The van der Waals surface area contributed by atoms with Gasteiger partial charge in [-0.05, 0) is 44.1 Å². The molecule has 1 nitrogen and oxygen atoms in total. The number of rotatable bonds is 4. The van der Waals surface area contributed by atoms with Gasteiger partial charge in [0.1, 0.15) is 0 Å². The van der Waals surface area contributed by atoms with E-state index in [1.165, 1.54) is 23.5 Å². The van der Waals surface area contributed by atoms with Crippen molar-refractivity contribution in [2.24, 2.45) is 0 Å². The predicted molar refractivity (Wildman–Crippen MR) is 138 cm³/mol. The molecule has 0 atom stereocenters. The van der Waals surface area contributed by atoms with Gasteiger partial charge in [-0.2, -0.15) is 0 Å². The number of halogens is 1. The van der Waals surface area contributed by atoms with Crippen molar-refractivity contribution in [1.29, 1.82) is 0 Å². The summed E-state index contributed by atoms with van der Waals surface area (Å²) < 4.78 is 0. The zero-order valence-corrected chi connectivity index (χ0v) is 25.5. The molecule has 0 aromatic heterocycles. The average Bonchev–Trinajstić information content (AvgIpc) is 2.58. The molecular weight excluding hydrogens is 515 g/mol. The van der Waals surface area contributed by atoms with E-state index in [1.807, 2.05) is 17.3 Å². The fourth-order valence-electron chi connectivity index (χ4n) is 4.15. The SMILES string of the molecule is CC(C)(C)P(Cc1cccc(CP(C(C)(C)C)C(C)(C)C)c1)C(C)(C)C.[C]=O.[Cl][Ru]. The molecule has 0 aliphatic carbocycles. The van der Waals surface area contributed by atoms with Gasteiger partial charge in [-0.3, -0.25) is 4.79 Å². The Morgan fingerprint density at radius 1 is 0.667 bits per heavy atom. The molecule has 2 radical (unpaired) electrons. The molecule has 0 amide bonds. The van der Waals surface area contributed by atoms with E-state index in [1.54, 1.807) is 0 Å². The van der Waals surface area contributed by atoms with Gasteiger partial charge in [0.15, 0.2) is 0 Å². The minimum absolute atomic E-state index is 0.0916. The van der Waals surface area contributed by atoms with Gasteiger partial charge in [0.2, 0.25) is 0 Å². The van der Waals surface area contributed by atoms with Crippen molar-refractivity contribution < 1.29 is 22.1 Å². The molecule has 0 unspecified atom stereocenters. The van der Waals surface area contributed by atoms with Crippen molar-refractivity contribution in [3.8, 4) is 0 Å². The summed E-state index contributed by atoms with van der Waals surface area (Å²) in [6, 6.07) is 9.52. The first-order valence-electron chi connectivity index (χ1n) is 10.4. The maximum atomic E-state index is 7.50. The van der Waals surface area contributed by atoms with E-state index in [4.69, 9.17) is 4.79 Å². The van der Waals surface area contributed by atoms with E-state index >= 15 is 0 Å². The van der Waals surface area contributed by atoms with Gasteiger partial charge in [0, 0.05) is 0 Å². The van der Waals surface area contributed by atoms with E-state index in [2.05, 4.69) is 124 Å². The van der Waals surface area contributed by atoms with Crippen molar-refractivity contribution in [1.82, 2.24) is 0 Å². The Labute approximate surface area is 205 Å². The van der Waals surface area contributed by atoms with Crippen molar-refractivity contribution in [3.05, 3.63) is 35.4 Å². The van der Waals surface area contributed by atoms with Crippen LogP contribution in [0.25, 0.3) is 0 Å². The molecule has 0 saturated carbocycles. The first kappa shape index (κ1) is 32.8. The van der Waals surface area contributed by atoms with E-state index in [-0.39, 0.29) is 15.8 Å². The Bertz CT molecular complexity index is 530. The van der Waals surface area contributed by atoms with Crippen LogP contribution in [0.3, 0.4) is 0 Å².